The third kappa shape index (κ3) is 11.9. The number of nitrogens with one attached hydrogen (secondary N) is 3. The van der Waals surface area contributed by atoms with Crippen LogP contribution in [-0.4, -0.2) is 267 Å². The fourth-order valence-corrected chi connectivity index (χ4v) is 8.17. The van der Waals surface area contributed by atoms with Crippen molar-refractivity contribution in [3.8, 4) is 0 Å². The summed E-state index contributed by atoms with van der Waals surface area (Å²) in [6.07, 6.45) is -38.1. The van der Waals surface area contributed by atoms with Crippen molar-refractivity contribution in [2.75, 3.05) is 26.4 Å². The van der Waals surface area contributed by atoms with Gasteiger partial charge in [-0.1, -0.05) is 0 Å². The van der Waals surface area contributed by atoms with Crippen molar-refractivity contribution in [3.63, 3.8) is 0 Å². The topological polar surface area (TPSA) is 490 Å². The Balaban J connectivity index is 1.67. The number of ether oxygens (including phenoxy) is 7. The number of carbonyl (C=O) groups excluding carboxylic acids is 3. The van der Waals surface area contributed by atoms with E-state index in [1.165, 1.54) is 0 Å². The molecule has 3 amide bonds. The second-order valence-electron chi connectivity index (χ2n) is 16.2. The molecule has 4 rings (SSSR count). The van der Waals surface area contributed by atoms with Gasteiger partial charge in [-0.05, 0) is 0 Å². The summed E-state index contributed by atoms with van der Waals surface area (Å²) in [5.74, 6) is -13.3. The van der Waals surface area contributed by atoms with Gasteiger partial charge in [-0.25, -0.2) is 9.59 Å². The van der Waals surface area contributed by atoms with E-state index in [-0.39, 0.29) is 0 Å². The monoisotopic (exact) mass is 965 g/mol. The zero-order chi connectivity index (χ0) is 49.7. The third-order valence-electron chi connectivity index (χ3n) is 11.4. The lowest BCUT2D eigenvalue weighted by atomic mass is 9.87. The van der Waals surface area contributed by atoms with E-state index in [1.807, 2.05) is 0 Å². The number of hydrogen-bond acceptors (Lipinski definition) is 25. The van der Waals surface area contributed by atoms with Gasteiger partial charge >= 0.3 is 11.9 Å². The molecule has 0 bridgehead atoms. The van der Waals surface area contributed by atoms with Crippen molar-refractivity contribution in [3.05, 3.63) is 0 Å². The number of aliphatic carboxylic acids is 2. The predicted molar refractivity (Wildman–Crippen MR) is 203 cm³/mol. The van der Waals surface area contributed by atoms with E-state index >= 15 is 0 Å². The summed E-state index contributed by atoms with van der Waals surface area (Å²) in [5.41, 5.74) is 0. The van der Waals surface area contributed by atoms with Crippen LogP contribution in [0.25, 0.3) is 0 Å². The van der Waals surface area contributed by atoms with E-state index in [9.17, 15) is 101 Å². The Bertz CT molecular complexity index is 1680. The molecule has 0 saturated carbocycles. The number of carboxylic acid groups (broad SMARTS) is 2. The van der Waals surface area contributed by atoms with Gasteiger partial charge in [0.2, 0.25) is 17.7 Å². The van der Waals surface area contributed by atoms with E-state index in [2.05, 4.69) is 16.0 Å². The minimum absolute atomic E-state index is 0.738. The zero-order valence-corrected chi connectivity index (χ0v) is 35.4. The van der Waals surface area contributed by atoms with Gasteiger partial charge in [0.25, 0.3) is 11.6 Å². The number of amides is 3. The van der Waals surface area contributed by atoms with E-state index in [0.29, 0.717) is 0 Å². The maximum absolute atomic E-state index is 13.1. The van der Waals surface area contributed by atoms with Crippen molar-refractivity contribution in [2.45, 2.75) is 167 Å². The highest BCUT2D eigenvalue weighted by Gasteiger charge is 2.62. The molecule has 4 aliphatic rings. The van der Waals surface area contributed by atoms with Crippen LogP contribution >= 0.6 is 0 Å². The number of aliphatic hydroxyl groups excluding tert-OH is 13. The largest absolute Gasteiger partial charge is 0.477 e. The lowest BCUT2D eigenvalue weighted by Gasteiger charge is -2.51. The van der Waals surface area contributed by atoms with E-state index in [0.717, 1.165) is 20.8 Å². The van der Waals surface area contributed by atoms with Crippen LogP contribution in [0.1, 0.15) is 33.6 Å². The Labute approximate surface area is 373 Å². The number of rotatable bonds is 19. The standard InChI is InChI=1S/C36H59N3O27/c1-10(44)37-19-13(47)4-35(33(56)57,65-29(19)22(50)15(49)6-40)63-16(7-41)23(51)30-20(38-11(2)45)14(48)5-36(66-30,34(58)59)64-28-18(9-43)61-32(26(54)25(28)53)62-27-17(8-42)60-31(55)21(24(27)52)39-12(3)46/h13-32,40-43,47-55H,4-9H2,1-3H3,(H,37,44)(H,38,45)(H,39,46)(H,56,57)(H,58,59)/t13-,14-,15+,16+,17+,18+,19+,20+,21+,22+,23+,24+,25+,26+,27+,28-,29+,30+,31?,32-,35+,36+/m0/s1. The van der Waals surface area contributed by atoms with Crippen LogP contribution in [0.2, 0.25) is 0 Å². The lowest BCUT2D eigenvalue weighted by molar-refractivity contribution is -0.383. The van der Waals surface area contributed by atoms with Crippen molar-refractivity contribution in [1.29, 1.82) is 0 Å². The first-order chi connectivity index (χ1) is 30.8. The molecule has 0 radical (unpaired) electrons. The molecule has 1 unspecified atom stereocenters. The Morgan fingerprint density at radius 1 is 0.621 bits per heavy atom. The minimum atomic E-state index is -3.30. The van der Waals surface area contributed by atoms with Gasteiger partial charge in [0.15, 0.2) is 12.6 Å². The van der Waals surface area contributed by atoms with Gasteiger partial charge in [0.1, 0.15) is 85.4 Å². The van der Waals surface area contributed by atoms with Gasteiger partial charge in [-0.3, -0.25) is 14.4 Å². The highest BCUT2D eigenvalue weighted by atomic mass is 16.8. The summed E-state index contributed by atoms with van der Waals surface area (Å²) in [5, 5.41) is 167. The average molecular weight is 966 g/mol. The minimum Gasteiger partial charge on any atom is -0.477 e. The molecule has 22 atom stereocenters. The third-order valence-corrected chi connectivity index (χ3v) is 11.4. The lowest BCUT2D eigenvalue weighted by Crippen LogP contribution is -2.72. The molecule has 4 saturated heterocycles. The van der Waals surface area contributed by atoms with Crippen molar-refractivity contribution < 1.29 is 134 Å². The fourth-order valence-electron chi connectivity index (χ4n) is 8.17. The molecule has 66 heavy (non-hydrogen) atoms. The highest BCUT2D eigenvalue weighted by Crippen LogP contribution is 2.40. The molecule has 0 spiro atoms. The van der Waals surface area contributed by atoms with Crippen LogP contribution in [0.3, 0.4) is 0 Å². The molecule has 0 aromatic rings. The summed E-state index contributed by atoms with van der Waals surface area (Å²) >= 11 is 0. The number of hydrogen-bond donors (Lipinski definition) is 18. The summed E-state index contributed by atoms with van der Waals surface area (Å²) < 4.78 is 38.9. The number of carbonyl (C=O) groups is 5. The maximum Gasteiger partial charge on any atom is 0.364 e. The van der Waals surface area contributed by atoms with Crippen molar-refractivity contribution in [2.24, 2.45) is 0 Å². The second-order valence-corrected chi connectivity index (χ2v) is 16.2. The Kier molecular flexibility index (Phi) is 19.0. The molecule has 0 aromatic heterocycles. The van der Waals surface area contributed by atoms with E-state index in [4.69, 9.17) is 33.2 Å². The zero-order valence-electron chi connectivity index (χ0n) is 35.4. The molecule has 0 aliphatic carbocycles. The Morgan fingerprint density at radius 2 is 1.09 bits per heavy atom. The SMILES string of the molecule is CC(=O)N[C@H]1[C@H]([C@H](O)[C@H](O)CO)O[C@@](O[C@H](CO)[C@@H](O)[C@@H]2O[C@@](O[C@@H]3[C@H](O)[C@@H](O)[C@H](O[C@H]4[C@H](O)[C@@H](NC(C)=O)C(O)O[C@@H]4CO)O[C@@H]3CO)(C(=O)O)C[C@H](O)[C@H]2NC(C)=O)(C(=O)O)C[C@@H]1O. The summed E-state index contributed by atoms with van der Waals surface area (Å²) in [7, 11) is 0. The van der Waals surface area contributed by atoms with Crippen molar-refractivity contribution >= 4 is 29.7 Å². The molecule has 18 N–H and O–H groups in total. The quantitative estimate of drug-likeness (QED) is 0.0571. The number of carboxylic acids is 2. The van der Waals surface area contributed by atoms with E-state index in [1.54, 1.807) is 0 Å². The summed E-state index contributed by atoms with van der Waals surface area (Å²) in [6.45, 7) is -1.74. The van der Waals surface area contributed by atoms with Crippen LogP contribution in [-0.2, 0) is 57.1 Å². The fraction of sp³-hybridized carbons (Fsp3) is 0.861. The smallest absolute Gasteiger partial charge is 0.364 e. The molecule has 30 heteroatoms. The molecule has 380 valence electrons. The van der Waals surface area contributed by atoms with Gasteiger partial charge in [-0.2, -0.15) is 0 Å². The Hall–Kier alpha value is -3.45. The summed E-state index contributed by atoms with van der Waals surface area (Å²) in [6, 6.07) is -5.12. The average Bonchev–Trinajstić information content (AvgIpc) is 3.25. The predicted octanol–water partition coefficient (Wildman–Crippen LogP) is -10.9. The van der Waals surface area contributed by atoms with Crippen LogP contribution in [0.5, 0.6) is 0 Å². The van der Waals surface area contributed by atoms with Crippen LogP contribution in [0, 0.1) is 0 Å². The van der Waals surface area contributed by atoms with Crippen LogP contribution < -0.4 is 16.0 Å². The maximum atomic E-state index is 13.1. The molecular formula is C36H59N3O27. The first-order valence-electron chi connectivity index (χ1n) is 20.3. The normalized spacial score (nSPS) is 41.4. The molecule has 4 fully saturated rings. The van der Waals surface area contributed by atoms with Crippen LogP contribution in [0.4, 0.5) is 0 Å². The van der Waals surface area contributed by atoms with Crippen molar-refractivity contribution in [1.82, 2.24) is 16.0 Å². The van der Waals surface area contributed by atoms with Gasteiger partial charge in [0.05, 0.1) is 50.7 Å². The molecule has 4 aliphatic heterocycles. The second kappa shape index (κ2) is 22.8. The first-order valence-corrected chi connectivity index (χ1v) is 20.3. The van der Waals surface area contributed by atoms with Gasteiger partial charge in [0, 0.05) is 33.6 Å². The first kappa shape index (κ1) is 55.1. The molecule has 30 nitrogen and oxygen atoms in total. The molecule has 4 heterocycles. The Morgan fingerprint density at radius 3 is 1.56 bits per heavy atom. The molecule has 0 aromatic carbocycles. The van der Waals surface area contributed by atoms with E-state index < -0.39 is 203 Å². The van der Waals surface area contributed by atoms with Crippen LogP contribution in [0.15, 0.2) is 0 Å². The molecular weight excluding hydrogens is 906 g/mol. The summed E-state index contributed by atoms with van der Waals surface area (Å²) in [4.78, 5) is 62.0. The number of aliphatic hydroxyl groups is 13. The van der Waals surface area contributed by atoms with Gasteiger partial charge < -0.3 is 126 Å². The highest BCUT2D eigenvalue weighted by molar-refractivity contribution is 5.77. The van der Waals surface area contributed by atoms with Gasteiger partial charge in [-0.15, -0.1) is 0 Å².